The molecule has 4 aromatic rings. The molecule has 0 fully saturated rings. The summed E-state index contributed by atoms with van der Waals surface area (Å²) in [4.78, 5) is 0. The minimum Gasteiger partial charge on any atom is -0.457 e. The van der Waals surface area contributed by atoms with Gasteiger partial charge in [-0.05, 0) is 97.1 Å². The highest BCUT2D eigenvalue weighted by Gasteiger charge is 2.02. The van der Waals surface area contributed by atoms with Gasteiger partial charge in [0.25, 0.3) is 0 Å². The van der Waals surface area contributed by atoms with E-state index in [2.05, 4.69) is 0 Å². The molecule has 136 valence electrons. The molecule has 5 heterocycles. The van der Waals surface area contributed by atoms with Crippen LogP contribution in [-0.2, 0) is 0 Å². The maximum Gasteiger partial charge on any atom is 0.127 e. The zero-order chi connectivity index (χ0) is 18.8. The third-order valence-corrected chi connectivity index (χ3v) is 4.24. The van der Waals surface area contributed by atoms with Gasteiger partial charge in [-0.25, -0.2) is 0 Å². The highest BCUT2D eigenvalue weighted by Crippen LogP contribution is 2.20. The van der Waals surface area contributed by atoms with Crippen LogP contribution in [0.15, 0.2) is 66.2 Å². The molecule has 0 N–H and O–H groups in total. The van der Waals surface area contributed by atoms with Crippen LogP contribution in [0.25, 0.3) is 48.6 Å². The smallest absolute Gasteiger partial charge is 0.127 e. The first kappa shape index (κ1) is 16.3. The third kappa shape index (κ3) is 3.62. The van der Waals surface area contributed by atoms with Crippen molar-refractivity contribution in [2.45, 2.75) is 0 Å². The number of furan rings is 4. The van der Waals surface area contributed by atoms with Gasteiger partial charge in [0.05, 0.1) is 0 Å². The molecule has 0 saturated heterocycles. The lowest BCUT2D eigenvalue weighted by molar-refractivity contribution is 0.538. The van der Waals surface area contributed by atoms with Gasteiger partial charge >= 0.3 is 0 Å². The van der Waals surface area contributed by atoms with Gasteiger partial charge in [0.15, 0.2) is 0 Å². The fraction of sp³-hybridized carbons (Fsp3) is 0. The van der Waals surface area contributed by atoms with Crippen molar-refractivity contribution in [3.63, 3.8) is 0 Å². The summed E-state index contributed by atoms with van der Waals surface area (Å²) in [5.41, 5.74) is 0. The first-order valence-corrected chi connectivity index (χ1v) is 8.92. The molecule has 0 radical (unpaired) electrons. The molecule has 28 heavy (non-hydrogen) atoms. The second-order valence-electron chi connectivity index (χ2n) is 6.29. The van der Waals surface area contributed by atoms with Gasteiger partial charge in [0.2, 0.25) is 0 Å². The Morgan fingerprint density at radius 3 is 0.536 bits per heavy atom. The van der Waals surface area contributed by atoms with Gasteiger partial charge in [-0.2, -0.15) is 0 Å². The van der Waals surface area contributed by atoms with E-state index in [4.69, 9.17) is 17.7 Å². The van der Waals surface area contributed by atoms with Crippen molar-refractivity contribution < 1.29 is 17.7 Å². The average Bonchev–Trinajstić information content (AvgIpc) is 3.49. The fourth-order valence-corrected chi connectivity index (χ4v) is 2.85. The van der Waals surface area contributed by atoms with Gasteiger partial charge in [0, 0.05) is 0 Å². The lowest BCUT2D eigenvalue weighted by Gasteiger charge is -1.90. The zero-order valence-electron chi connectivity index (χ0n) is 14.9. The van der Waals surface area contributed by atoms with Crippen molar-refractivity contribution in [3.8, 4) is 0 Å². The van der Waals surface area contributed by atoms with Crippen LogP contribution in [-0.4, -0.2) is 0 Å². The summed E-state index contributed by atoms with van der Waals surface area (Å²) in [6.07, 6.45) is 15.0. The average molecular weight is 368 g/mol. The summed E-state index contributed by atoms with van der Waals surface area (Å²) in [5, 5.41) is 0. The van der Waals surface area contributed by atoms with E-state index in [9.17, 15) is 0 Å². The Morgan fingerprint density at radius 1 is 0.250 bits per heavy atom. The molecule has 0 unspecified atom stereocenters. The van der Waals surface area contributed by atoms with E-state index in [1.165, 1.54) is 0 Å². The molecule has 8 bridgehead atoms. The van der Waals surface area contributed by atoms with E-state index < -0.39 is 0 Å². The van der Waals surface area contributed by atoms with E-state index in [-0.39, 0.29) is 0 Å². The van der Waals surface area contributed by atoms with Crippen molar-refractivity contribution in [3.05, 3.63) is 94.6 Å². The van der Waals surface area contributed by atoms with Gasteiger partial charge in [-0.3, -0.25) is 0 Å². The molecular weight excluding hydrogens is 352 g/mol. The predicted octanol–water partition coefficient (Wildman–Crippen LogP) is 7.05. The topological polar surface area (TPSA) is 52.6 Å². The van der Waals surface area contributed by atoms with Crippen LogP contribution in [0.5, 0.6) is 0 Å². The second-order valence-corrected chi connectivity index (χ2v) is 6.29. The van der Waals surface area contributed by atoms with Gasteiger partial charge in [0.1, 0.15) is 46.1 Å². The Morgan fingerprint density at radius 2 is 0.393 bits per heavy atom. The molecule has 4 heteroatoms. The molecule has 0 amide bonds. The number of fused-ring (bicyclic) bond motifs is 8. The minimum absolute atomic E-state index is 0.744. The molecule has 1 aliphatic rings. The molecular formula is C24H16O4. The number of rotatable bonds is 0. The van der Waals surface area contributed by atoms with E-state index in [1.54, 1.807) is 0 Å². The lowest BCUT2D eigenvalue weighted by Crippen LogP contribution is -1.67. The van der Waals surface area contributed by atoms with Crippen LogP contribution in [0.2, 0.25) is 0 Å². The van der Waals surface area contributed by atoms with Gasteiger partial charge in [-0.1, -0.05) is 0 Å². The molecule has 0 spiro atoms. The van der Waals surface area contributed by atoms with Crippen molar-refractivity contribution in [2.24, 2.45) is 0 Å². The number of hydrogen-bond donors (Lipinski definition) is 0. The summed E-state index contributed by atoms with van der Waals surface area (Å²) < 4.78 is 23.1. The molecule has 4 nitrogen and oxygen atoms in total. The van der Waals surface area contributed by atoms with Crippen LogP contribution in [0.1, 0.15) is 46.1 Å². The van der Waals surface area contributed by atoms with Gasteiger partial charge < -0.3 is 17.7 Å². The molecule has 0 aromatic carbocycles. The summed E-state index contributed by atoms with van der Waals surface area (Å²) in [5.74, 6) is 5.95. The zero-order valence-corrected chi connectivity index (χ0v) is 14.9. The van der Waals surface area contributed by atoms with Crippen LogP contribution in [0.3, 0.4) is 0 Å². The van der Waals surface area contributed by atoms with E-state index >= 15 is 0 Å². The molecule has 4 aromatic heterocycles. The van der Waals surface area contributed by atoms with E-state index in [1.807, 2.05) is 97.1 Å². The Bertz CT molecular complexity index is 942. The van der Waals surface area contributed by atoms with Crippen molar-refractivity contribution in [2.75, 3.05) is 0 Å². The first-order valence-electron chi connectivity index (χ1n) is 8.92. The SMILES string of the molecule is C1=Cc2ccc(o2)C=Cc2ccc(o2)C=Cc2ccc(o2)C=Cc2ccc1o2. The summed E-state index contributed by atoms with van der Waals surface area (Å²) in [6.45, 7) is 0. The van der Waals surface area contributed by atoms with Gasteiger partial charge in [-0.15, -0.1) is 0 Å². The maximum absolute atomic E-state index is 5.78. The normalized spacial score (nSPS) is 13.1. The van der Waals surface area contributed by atoms with Crippen LogP contribution < -0.4 is 0 Å². The summed E-state index contributed by atoms with van der Waals surface area (Å²) >= 11 is 0. The molecule has 0 atom stereocenters. The van der Waals surface area contributed by atoms with Crippen LogP contribution in [0.4, 0.5) is 0 Å². The Hall–Kier alpha value is -3.92. The maximum atomic E-state index is 5.78. The van der Waals surface area contributed by atoms with Crippen molar-refractivity contribution in [1.29, 1.82) is 0 Å². The highest BCUT2D eigenvalue weighted by molar-refractivity contribution is 5.72. The monoisotopic (exact) mass is 368 g/mol. The molecule has 5 rings (SSSR count). The fourth-order valence-electron chi connectivity index (χ4n) is 2.85. The quantitative estimate of drug-likeness (QED) is 0.294. The van der Waals surface area contributed by atoms with E-state index in [0.29, 0.717) is 0 Å². The van der Waals surface area contributed by atoms with Crippen LogP contribution >= 0.6 is 0 Å². The first-order chi connectivity index (χ1) is 13.8. The van der Waals surface area contributed by atoms with Crippen LogP contribution in [0, 0.1) is 0 Å². The minimum atomic E-state index is 0.744. The third-order valence-electron chi connectivity index (χ3n) is 4.24. The second kappa shape index (κ2) is 7.00. The molecule has 0 aliphatic carbocycles. The number of hydrogen-bond acceptors (Lipinski definition) is 4. The highest BCUT2D eigenvalue weighted by atomic mass is 16.4. The lowest BCUT2D eigenvalue weighted by atomic mass is 10.3. The predicted molar refractivity (Wildman–Crippen MR) is 111 cm³/mol. The van der Waals surface area contributed by atoms with E-state index in [0.717, 1.165) is 46.1 Å². The standard InChI is InChI=1S/C24H16O4/c1-2-18-11-12-20-5-6-22(27-20)15-16-24-8-7-23(28-24)14-13-21-4-3-19(26-21)10-9-17(1)25-18/h1-16H. The van der Waals surface area contributed by atoms with Crippen molar-refractivity contribution >= 4 is 48.6 Å². The molecule has 0 saturated carbocycles. The summed E-state index contributed by atoms with van der Waals surface area (Å²) in [7, 11) is 0. The summed E-state index contributed by atoms with van der Waals surface area (Å²) in [6, 6.07) is 15.3. The molecule has 1 aliphatic heterocycles. The Labute approximate surface area is 161 Å². The van der Waals surface area contributed by atoms with Crippen molar-refractivity contribution in [1.82, 2.24) is 0 Å². The largest absolute Gasteiger partial charge is 0.457 e. The Kier molecular flexibility index (Phi) is 4.07. The Balaban J connectivity index is 1.52.